The molecule has 1 atom stereocenters. The summed E-state index contributed by atoms with van der Waals surface area (Å²) in [6, 6.07) is 9.81. The third kappa shape index (κ3) is 5.57. The molecule has 3 aromatic rings. The van der Waals surface area contributed by atoms with Gasteiger partial charge < -0.3 is 20.9 Å². The van der Waals surface area contributed by atoms with E-state index in [1.54, 1.807) is 24.3 Å². The minimum absolute atomic E-state index is 0.116. The van der Waals surface area contributed by atoms with E-state index >= 15 is 0 Å². The highest BCUT2D eigenvalue weighted by molar-refractivity contribution is 6.30. The minimum atomic E-state index is -5.13. The third-order valence-corrected chi connectivity index (χ3v) is 6.07. The van der Waals surface area contributed by atoms with Crippen LogP contribution in [0.1, 0.15) is 36.2 Å². The number of rotatable bonds is 8. The molecular formula is C24H25ClF4N4O3. The molecule has 194 valence electrons. The van der Waals surface area contributed by atoms with Gasteiger partial charge in [0.2, 0.25) is 0 Å². The molecule has 0 unspecified atom stereocenters. The van der Waals surface area contributed by atoms with Gasteiger partial charge in [0, 0.05) is 10.6 Å². The molecule has 7 nitrogen and oxygen atoms in total. The van der Waals surface area contributed by atoms with E-state index in [0.717, 1.165) is 18.3 Å². The Morgan fingerprint density at radius 1 is 1.19 bits per heavy atom. The normalized spacial score (nSPS) is 13.8. The van der Waals surface area contributed by atoms with Crippen molar-refractivity contribution in [1.82, 2.24) is 15.1 Å². The lowest BCUT2D eigenvalue weighted by atomic mass is 9.74. The van der Waals surface area contributed by atoms with E-state index in [2.05, 4.69) is 10.4 Å². The molecule has 1 amide bonds. The lowest BCUT2D eigenvalue weighted by molar-refractivity contribution is -0.263. The molecular weight excluding hydrogens is 504 g/mol. The van der Waals surface area contributed by atoms with Crippen LogP contribution in [0.2, 0.25) is 5.02 Å². The highest BCUT2D eigenvalue weighted by atomic mass is 35.5. The Balaban J connectivity index is 1.84. The number of benzene rings is 2. The second kappa shape index (κ2) is 9.98. The van der Waals surface area contributed by atoms with Crippen LogP contribution in [-0.2, 0) is 5.41 Å². The SMILES string of the molecule is COc1ccc(F)cc1C(C)(C)C[C@@](O)(CNC(=O)c1cnn(-c2ccc(Cl)cc2)c1N)C(F)(F)F. The predicted molar refractivity (Wildman–Crippen MR) is 127 cm³/mol. The molecule has 0 radical (unpaired) electrons. The van der Waals surface area contributed by atoms with Crippen LogP contribution in [0.3, 0.4) is 0 Å². The van der Waals surface area contributed by atoms with E-state index < -0.39 is 41.9 Å². The zero-order chi connectivity index (χ0) is 26.9. The third-order valence-electron chi connectivity index (χ3n) is 5.82. The van der Waals surface area contributed by atoms with Gasteiger partial charge in [0.1, 0.15) is 22.9 Å². The Kier molecular flexibility index (Phi) is 7.56. The number of nitrogens with one attached hydrogen (secondary N) is 1. The number of alkyl halides is 3. The molecule has 12 heteroatoms. The Labute approximate surface area is 209 Å². The maximum Gasteiger partial charge on any atom is 0.418 e. The molecule has 36 heavy (non-hydrogen) atoms. The van der Waals surface area contributed by atoms with E-state index in [-0.39, 0.29) is 22.7 Å². The number of methoxy groups -OCH3 is 1. The summed E-state index contributed by atoms with van der Waals surface area (Å²) in [5, 5.41) is 17.3. The summed E-state index contributed by atoms with van der Waals surface area (Å²) in [6.45, 7) is 1.65. The molecule has 0 aliphatic heterocycles. The van der Waals surface area contributed by atoms with E-state index in [4.69, 9.17) is 22.1 Å². The lowest BCUT2D eigenvalue weighted by Gasteiger charge is -2.38. The predicted octanol–water partition coefficient (Wildman–Crippen LogP) is 4.65. The van der Waals surface area contributed by atoms with Crippen LogP contribution in [0.25, 0.3) is 5.69 Å². The zero-order valence-corrected chi connectivity index (χ0v) is 20.4. The summed E-state index contributed by atoms with van der Waals surface area (Å²) >= 11 is 5.86. The smallest absolute Gasteiger partial charge is 0.418 e. The quantitative estimate of drug-likeness (QED) is 0.369. The number of anilines is 1. The van der Waals surface area contributed by atoms with E-state index in [9.17, 15) is 27.5 Å². The van der Waals surface area contributed by atoms with Crippen molar-refractivity contribution in [2.75, 3.05) is 19.4 Å². The van der Waals surface area contributed by atoms with Gasteiger partial charge >= 0.3 is 6.18 Å². The average Bonchev–Trinajstić information content (AvgIpc) is 3.18. The van der Waals surface area contributed by atoms with Gasteiger partial charge in [-0.05, 0) is 54.3 Å². The number of aromatic nitrogens is 2. The number of carbonyl (C=O) groups excluding carboxylic acids is 1. The number of ether oxygens (including phenoxy) is 1. The van der Waals surface area contributed by atoms with Gasteiger partial charge in [-0.15, -0.1) is 0 Å². The van der Waals surface area contributed by atoms with Crippen molar-refractivity contribution >= 4 is 23.3 Å². The van der Waals surface area contributed by atoms with Crippen LogP contribution in [0.15, 0.2) is 48.7 Å². The van der Waals surface area contributed by atoms with Gasteiger partial charge in [-0.1, -0.05) is 25.4 Å². The van der Waals surface area contributed by atoms with E-state index in [1.165, 1.54) is 31.7 Å². The van der Waals surface area contributed by atoms with Crippen molar-refractivity contribution < 1.29 is 32.2 Å². The summed E-state index contributed by atoms with van der Waals surface area (Å²) < 4.78 is 62.4. The Morgan fingerprint density at radius 2 is 1.83 bits per heavy atom. The van der Waals surface area contributed by atoms with Gasteiger partial charge in [0.25, 0.3) is 5.91 Å². The van der Waals surface area contributed by atoms with Crippen LogP contribution >= 0.6 is 11.6 Å². The Hall–Kier alpha value is -3.31. The number of nitrogen functional groups attached to an aromatic ring is 1. The first-order valence-corrected chi connectivity index (χ1v) is 11.1. The molecule has 1 heterocycles. The summed E-state index contributed by atoms with van der Waals surface area (Å²) in [4.78, 5) is 12.7. The number of halogens is 5. The molecule has 1 aromatic heterocycles. The van der Waals surface area contributed by atoms with Crippen molar-refractivity contribution in [3.63, 3.8) is 0 Å². The Morgan fingerprint density at radius 3 is 2.42 bits per heavy atom. The fraction of sp³-hybridized carbons (Fsp3) is 0.333. The fourth-order valence-electron chi connectivity index (χ4n) is 3.94. The number of nitrogens with two attached hydrogens (primary N) is 1. The summed E-state index contributed by atoms with van der Waals surface area (Å²) in [6.07, 6.45) is -4.92. The van der Waals surface area contributed by atoms with Crippen molar-refractivity contribution in [1.29, 1.82) is 0 Å². The number of hydrogen-bond acceptors (Lipinski definition) is 5. The van der Waals surface area contributed by atoms with Crippen LogP contribution in [0, 0.1) is 5.82 Å². The fourth-order valence-corrected chi connectivity index (χ4v) is 4.07. The molecule has 4 N–H and O–H groups in total. The average molecular weight is 529 g/mol. The molecule has 2 aromatic carbocycles. The molecule has 3 rings (SSSR count). The highest BCUT2D eigenvalue weighted by Crippen LogP contribution is 2.43. The summed E-state index contributed by atoms with van der Waals surface area (Å²) in [7, 11) is 1.30. The Bertz CT molecular complexity index is 1250. The van der Waals surface area contributed by atoms with Crippen LogP contribution in [-0.4, -0.2) is 46.2 Å². The second-order valence-corrected chi connectivity index (χ2v) is 9.39. The van der Waals surface area contributed by atoms with Crippen molar-refractivity contribution in [2.45, 2.75) is 37.5 Å². The zero-order valence-electron chi connectivity index (χ0n) is 19.7. The van der Waals surface area contributed by atoms with Crippen LogP contribution in [0.4, 0.5) is 23.4 Å². The number of hydrogen-bond donors (Lipinski definition) is 3. The van der Waals surface area contributed by atoms with Crippen LogP contribution in [0.5, 0.6) is 5.75 Å². The van der Waals surface area contributed by atoms with E-state index in [1.807, 2.05) is 0 Å². The first-order chi connectivity index (χ1) is 16.7. The maximum absolute atomic E-state index is 14.0. The van der Waals surface area contributed by atoms with Crippen LogP contribution < -0.4 is 15.8 Å². The van der Waals surface area contributed by atoms with E-state index in [0.29, 0.717) is 10.7 Å². The molecule has 0 aliphatic rings. The molecule has 0 spiro atoms. The first-order valence-electron chi connectivity index (χ1n) is 10.7. The molecule has 0 fully saturated rings. The molecule has 0 saturated carbocycles. The number of nitrogens with zero attached hydrogens (tertiary/aromatic N) is 2. The van der Waals surface area contributed by atoms with Gasteiger partial charge in [-0.3, -0.25) is 4.79 Å². The number of amides is 1. The first kappa shape index (κ1) is 27.3. The maximum atomic E-state index is 14.0. The largest absolute Gasteiger partial charge is 0.496 e. The minimum Gasteiger partial charge on any atom is -0.496 e. The van der Waals surface area contributed by atoms with Gasteiger partial charge in [0.05, 0.1) is 25.5 Å². The summed E-state index contributed by atoms with van der Waals surface area (Å²) in [5.41, 5.74) is 1.67. The van der Waals surface area contributed by atoms with Gasteiger partial charge in [-0.25, -0.2) is 9.07 Å². The molecule has 0 bridgehead atoms. The molecule has 0 saturated heterocycles. The van der Waals surface area contributed by atoms with Crippen molar-refractivity contribution in [3.05, 3.63) is 70.6 Å². The highest BCUT2D eigenvalue weighted by Gasteiger charge is 2.56. The number of carbonyl (C=O) groups is 1. The second-order valence-electron chi connectivity index (χ2n) is 8.95. The van der Waals surface area contributed by atoms with Crippen molar-refractivity contribution in [3.8, 4) is 11.4 Å². The van der Waals surface area contributed by atoms with Gasteiger partial charge in [0.15, 0.2) is 5.60 Å². The summed E-state index contributed by atoms with van der Waals surface area (Å²) in [5.74, 6) is -1.58. The topological polar surface area (TPSA) is 102 Å². The standard InChI is InChI=1S/C24H25ClF4N4O3/c1-22(2,18-10-15(26)6-9-19(18)36-3)12-23(35,24(27,28)29)13-31-21(34)17-11-32-33(20(17)30)16-7-4-14(25)5-8-16/h4-11,35H,12-13,30H2,1-3H3,(H,31,34)/t23-/m1/s1. The number of aliphatic hydroxyl groups is 1. The monoisotopic (exact) mass is 528 g/mol. The lowest BCUT2D eigenvalue weighted by Crippen LogP contribution is -2.56. The molecule has 0 aliphatic carbocycles. The van der Waals surface area contributed by atoms with Gasteiger partial charge in [-0.2, -0.15) is 18.3 Å². The van der Waals surface area contributed by atoms with Crippen molar-refractivity contribution in [2.24, 2.45) is 0 Å².